The van der Waals surface area contributed by atoms with Crippen molar-refractivity contribution in [1.82, 2.24) is 29.5 Å². The van der Waals surface area contributed by atoms with Crippen LogP contribution in [0.3, 0.4) is 0 Å². The summed E-state index contributed by atoms with van der Waals surface area (Å²) in [5.74, 6) is 2.31. The van der Waals surface area contributed by atoms with E-state index in [1.54, 1.807) is 0 Å². The Bertz CT molecular complexity index is 3790. The molecule has 350 valence electrons. The maximum atomic E-state index is 5.51. The van der Waals surface area contributed by atoms with Gasteiger partial charge in [-0.05, 0) is 122 Å². The fraction of sp³-hybridized carbons (Fsp3) is 0.0896. The van der Waals surface area contributed by atoms with E-state index in [-0.39, 0.29) is 0 Å². The van der Waals surface area contributed by atoms with Crippen molar-refractivity contribution in [2.75, 3.05) is 0 Å². The lowest BCUT2D eigenvalue weighted by molar-refractivity contribution is 1.07. The lowest BCUT2D eigenvalue weighted by Crippen LogP contribution is -2.04. The predicted octanol–water partition coefficient (Wildman–Crippen LogP) is 16.9. The van der Waals surface area contributed by atoms with E-state index in [0.717, 1.165) is 83.4 Å². The van der Waals surface area contributed by atoms with Gasteiger partial charge in [0.25, 0.3) is 0 Å². The molecule has 0 unspecified atom stereocenters. The van der Waals surface area contributed by atoms with Gasteiger partial charge in [-0.1, -0.05) is 181 Å². The van der Waals surface area contributed by atoms with Crippen molar-refractivity contribution < 1.29 is 0 Å². The highest BCUT2D eigenvalue weighted by molar-refractivity contribution is 6.12. The molecule has 12 rings (SSSR count). The van der Waals surface area contributed by atoms with E-state index in [4.69, 9.17) is 24.9 Å². The number of aromatic nitrogens is 6. The summed E-state index contributed by atoms with van der Waals surface area (Å²) in [7, 11) is 0. The smallest absolute Gasteiger partial charge is 0.164 e. The average Bonchev–Trinajstić information content (AvgIpc) is 3.74. The minimum Gasteiger partial charge on any atom is -0.308 e. The lowest BCUT2D eigenvalue weighted by atomic mass is 9.92. The second kappa shape index (κ2) is 18.6. The second-order valence-corrected chi connectivity index (χ2v) is 19.3. The van der Waals surface area contributed by atoms with Crippen molar-refractivity contribution in [3.63, 3.8) is 0 Å². The van der Waals surface area contributed by atoms with E-state index in [1.807, 2.05) is 72.8 Å². The van der Waals surface area contributed by atoms with Gasteiger partial charge in [-0.3, -0.25) is 0 Å². The third kappa shape index (κ3) is 8.47. The van der Waals surface area contributed by atoms with Crippen LogP contribution in [0.2, 0.25) is 0 Å². The Morgan fingerprint density at radius 3 is 1.07 bits per heavy atom. The fourth-order valence-corrected chi connectivity index (χ4v) is 10.9. The third-order valence-corrected chi connectivity index (χ3v) is 14.0. The molecule has 9 aromatic carbocycles. The summed E-state index contributed by atoms with van der Waals surface area (Å²) in [5, 5.41) is 2.31. The Morgan fingerprint density at radius 1 is 0.288 bits per heavy atom. The summed E-state index contributed by atoms with van der Waals surface area (Å²) in [5.41, 5.74) is 22.5. The summed E-state index contributed by atoms with van der Waals surface area (Å²) in [4.78, 5) is 26.5. The predicted molar refractivity (Wildman–Crippen MR) is 302 cm³/mol. The molecule has 0 radical (unpaired) electrons. The highest BCUT2D eigenvalue weighted by Gasteiger charge is 2.23. The summed E-state index contributed by atoms with van der Waals surface area (Å²) < 4.78 is 2.44. The number of aryl methyl sites for hydroxylation is 6. The van der Waals surface area contributed by atoms with Crippen molar-refractivity contribution in [1.29, 1.82) is 0 Å². The summed E-state index contributed by atoms with van der Waals surface area (Å²) >= 11 is 0. The van der Waals surface area contributed by atoms with Gasteiger partial charge in [0.1, 0.15) is 0 Å². The summed E-state index contributed by atoms with van der Waals surface area (Å²) in [6.45, 7) is 13.2. The topological polar surface area (TPSA) is 69.4 Å². The van der Waals surface area contributed by atoms with E-state index >= 15 is 0 Å². The van der Waals surface area contributed by atoms with Crippen molar-refractivity contribution in [3.05, 3.63) is 240 Å². The molecule has 12 aromatic rings. The Kier molecular flexibility index (Phi) is 11.5. The van der Waals surface area contributed by atoms with Crippen LogP contribution in [-0.2, 0) is 0 Å². The lowest BCUT2D eigenvalue weighted by Gasteiger charge is -2.18. The van der Waals surface area contributed by atoms with Gasteiger partial charge in [-0.25, -0.2) is 24.9 Å². The molecule has 0 aliphatic rings. The molecule has 3 aromatic heterocycles. The molecule has 0 spiro atoms. The fourth-order valence-electron chi connectivity index (χ4n) is 10.9. The molecule has 0 atom stereocenters. The van der Waals surface area contributed by atoms with Gasteiger partial charge in [-0.2, -0.15) is 0 Å². The Balaban J connectivity index is 1.19. The molecule has 0 saturated heterocycles. The van der Waals surface area contributed by atoms with Crippen LogP contribution >= 0.6 is 0 Å². The van der Waals surface area contributed by atoms with Gasteiger partial charge in [-0.15, -0.1) is 0 Å². The standard InChI is InChI=1S/C67H52N6/c1-41-33-43(3)62(44(4)34-41)51-27-30-54-55-31-28-52(63-45(5)35-42(2)36-46(63)6)39-61(55)73(60(54)38-51)59-32-29-53(66-71-64(49-23-15-9-16-24-49)70-65(72-66)50-25-17-10-18-26-50)37-56(59)67-68-57(47-19-11-7-12-20-47)40-58(69-67)48-21-13-8-14-22-48/h7-40H,1-6H3. The first-order chi connectivity index (χ1) is 35.6. The van der Waals surface area contributed by atoms with Crippen LogP contribution in [-0.4, -0.2) is 29.5 Å². The molecule has 0 fully saturated rings. The van der Waals surface area contributed by atoms with Crippen LogP contribution in [0.5, 0.6) is 0 Å². The average molecular weight is 941 g/mol. The molecule has 3 heterocycles. The van der Waals surface area contributed by atoms with E-state index < -0.39 is 0 Å². The quantitative estimate of drug-likeness (QED) is 0.144. The van der Waals surface area contributed by atoms with E-state index in [0.29, 0.717) is 23.3 Å². The van der Waals surface area contributed by atoms with E-state index in [2.05, 4.69) is 180 Å². The highest BCUT2D eigenvalue weighted by Crippen LogP contribution is 2.43. The molecule has 0 aliphatic heterocycles. The van der Waals surface area contributed by atoms with Crippen molar-refractivity contribution in [2.24, 2.45) is 0 Å². The molecule has 6 heteroatoms. The maximum Gasteiger partial charge on any atom is 0.164 e. The largest absolute Gasteiger partial charge is 0.308 e. The zero-order valence-electron chi connectivity index (χ0n) is 41.8. The van der Waals surface area contributed by atoms with Gasteiger partial charge in [0.15, 0.2) is 23.3 Å². The number of rotatable bonds is 9. The first-order valence-electron chi connectivity index (χ1n) is 24.9. The summed E-state index contributed by atoms with van der Waals surface area (Å²) in [6.07, 6.45) is 0. The molecule has 73 heavy (non-hydrogen) atoms. The zero-order valence-corrected chi connectivity index (χ0v) is 41.8. The van der Waals surface area contributed by atoms with Gasteiger partial charge in [0.05, 0.1) is 28.1 Å². The van der Waals surface area contributed by atoms with E-state index in [1.165, 1.54) is 44.5 Å². The highest BCUT2D eigenvalue weighted by atomic mass is 15.0. The second-order valence-electron chi connectivity index (χ2n) is 19.3. The van der Waals surface area contributed by atoms with Crippen molar-refractivity contribution >= 4 is 21.8 Å². The van der Waals surface area contributed by atoms with Crippen LogP contribution in [0, 0.1) is 41.5 Å². The number of fused-ring (bicyclic) bond motifs is 3. The van der Waals surface area contributed by atoms with Crippen LogP contribution in [0.4, 0.5) is 0 Å². The molecule has 0 aliphatic carbocycles. The van der Waals surface area contributed by atoms with Crippen LogP contribution < -0.4 is 0 Å². The van der Waals surface area contributed by atoms with Crippen molar-refractivity contribution in [3.8, 4) is 96.0 Å². The summed E-state index contributed by atoms with van der Waals surface area (Å²) in [6, 6.07) is 72.7. The maximum absolute atomic E-state index is 5.51. The molecular weight excluding hydrogens is 889 g/mol. The van der Waals surface area contributed by atoms with Crippen LogP contribution in [0.15, 0.2) is 206 Å². The normalized spacial score (nSPS) is 11.4. The number of hydrogen-bond donors (Lipinski definition) is 0. The monoisotopic (exact) mass is 940 g/mol. The molecule has 0 amide bonds. The zero-order chi connectivity index (χ0) is 49.7. The minimum absolute atomic E-state index is 0.547. The Morgan fingerprint density at radius 2 is 0.658 bits per heavy atom. The Hall–Kier alpha value is -9.13. The molecule has 6 nitrogen and oxygen atoms in total. The molecule has 0 bridgehead atoms. The van der Waals surface area contributed by atoms with Crippen LogP contribution in [0.1, 0.15) is 33.4 Å². The van der Waals surface area contributed by atoms with Gasteiger partial charge in [0.2, 0.25) is 0 Å². The SMILES string of the molecule is Cc1cc(C)c(-c2ccc3c4ccc(-c5c(C)cc(C)cc5C)cc4n(-c4ccc(-c5nc(-c6ccccc6)nc(-c6ccccc6)n5)cc4-c4nc(-c5ccccc5)cc(-c5ccccc5)n4)c3c2)c(C)c1. The molecular formula is C67H52N6. The van der Waals surface area contributed by atoms with Gasteiger partial charge >= 0.3 is 0 Å². The van der Waals surface area contributed by atoms with Crippen molar-refractivity contribution in [2.45, 2.75) is 41.5 Å². The van der Waals surface area contributed by atoms with Crippen LogP contribution in [0.25, 0.3) is 118 Å². The first-order valence-corrected chi connectivity index (χ1v) is 24.9. The Labute approximate surface area is 426 Å². The number of benzene rings is 9. The number of nitrogens with zero attached hydrogens (tertiary/aromatic N) is 6. The third-order valence-electron chi connectivity index (χ3n) is 14.0. The van der Waals surface area contributed by atoms with E-state index in [9.17, 15) is 0 Å². The van der Waals surface area contributed by atoms with Gasteiger partial charge < -0.3 is 4.57 Å². The molecule has 0 N–H and O–H groups in total. The number of hydrogen-bond acceptors (Lipinski definition) is 5. The molecule has 0 saturated carbocycles. The van der Waals surface area contributed by atoms with Gasteiger partial charge in [0, 0.05) is 44.2 Å². The first kappa shape index (κ1) is 45.0. The minimum atomic E-state index is 0.547.